The summed E-state index contributed by atoms with van der Waals surface area (Å²) in [6, 6.07) is 1.61. The Morgan fingerprint density at radius 1 is 1.41 bits per heavy atom. The van der Waals surface area contributed by atoms with Crippen LogP contribution in [0.15, 0.2) is 34.4 Å². The van der Waals surface area contributed by atoms with E-state index in [4.69, 9.17) is 0 Å². The van der Waals surface area contributed by atoms with Gasteiger partial charge in [-0.3, -0.25) is 14.3 Å². The van der Waals surface area contributed by atoms with Crippen LogP contribution in [0, 0.1) is 0 Å². The molecule has 6 nitrogen and oxygen atoms in total. The SMILES string of the molecule is CC(C)n1cncc1Cn1ccc(=O)[nH]c1=O. The predicted molar refractivity (Wildman–Crippen MR) is 63.0 cm³/mol. The molecule has 6 heteroatoms. The number of hydrogen-bond acceptors (Lipinski definition) is 3. The van der Waals surface area contributed by atoms with Gasteiger partial charge in [0.05, 0.1) is 18.6 Å². The molecule has 2 aromatic heterocycles. The molecule has 2 aromatic rings. The monoisotopic (exact) mass is 234 g/mol. The molecule has 2 heterocycles. The largest absolute Gasteiger partial charge is 0.330 e. The summed E-state index contributed by atoms with van der Waals surface area (Å²) in [7, 11) is 0. The quantitative estimate of drug-likeness (QED) is 0.833. The minimum absolute atomic E-state index is 0.283. The minimum Gasteiger partial charge on any atom is -0.330 e. The molecule has 0 unspecified atom stereocenters. The molecule has 1 N–H and O–H groups in total. The fourth-order valence-electron chi connectivity index (χ4n) is 1.66. The number of nitrogens with one attached hydrogen (secondary N) is 1. The summed E-state index contributed by atoms with van der Waals surface area (Å²) in [6.07, 6.45) is 4.94. The van der Waals surface area contributed by atoms with Crippen LogP contribution in [0.3, 0.4) is 0 Å². The molecular formula is C11H14N4O2. The first-order valence-electron chi connectivity index (χ1n) is 5.38. The Kier molecular flexibility index (Phi) is 2.95. The number of imidazole rings is 1. The van der Waals surface area contributed by atoms with Crippen LogP contribution >= 0.6 is 0 Å². The summed E-state index contributed by atoms with van der Waals surface area (Å²) < 4.78 is 3.43. The van der Waals surface area contributed by atoms with Crippen LogP contribution in [-0.2, 0) is 6.54 Å². The zero-order chi connectivity index (χ0) is 12.4. The molecule has 0 saturated heterocycles. The molecule has 2 rings (SSSR count). The Bertz CT molecular complexity index is 621. The number of nitrogens with zero attached hydrogens (tertiary/aromatic N) is 3. The number of hydrogen-bond donors (Lipinski definition) is 1. The van der Waals surface area contributed by atoms with Crippen molar-refractivity contribution in [3.8, 4) is 0 Å². The first-order chi connectivity index (χ1) is 8.08. The van der Waals surface area contributed by atoms with Crippen molar-refractivity contribution in [2.75, 3.05) is 0 Å². The van der Waals surface area contributed by atoms with Crippen molar-refractivity contribution in [2.24, 2.45) is 0 Å². The van der Waals surface area contributed by atoms with E-state index in [9.17, 15) is 9.59 Å². The molecule has 0 aliphatic rings. The van der Waals surface area contributed by atoms with Crippen molar-refractivity contribution in [2.45, 2.75) is 26.4 Å². The molecule has 0 aliphatic heterocycles. The van der Waals surface area contributed by atoms with E-state index in [0.29, 0.717) is 6.54 Å². The molecule has 0 bridgehead atoms. The Labute approximate surface area is 97.6 Å². The van der Waals surface area contributed by atoms with E-state index in [1.54, 1.807) is 12.5 Å². The van der Waals surface area contributed by atoms with Gasteiger partial charge in [-0.15, -0.1) is 0 Å². The third kappa shape index (κ3) is 2.35. The molecule has 0 radical (unpaired) electrons. The van der Waals surface area contributed by atoms with E-state index in [1.165, 1.54) is 16.8 Å². The number of rotatable bonds is 3. The van der Waals surface area contributed by atoms with Gasteiger partial charge in [0.1, 0.15) is 0 Å². The zero-order valence-corrected chi connectivity index (χ0v) is 9.75. The average Bonchev–Trinajstić information content (AvgIpc) is 2.70. The van der Waals surface area contributed by atoms with Crippen molar-refractivity contribution in [3.05, 3.63) is 51.3 Å². The van der Waals surface area contributed by atoms with E-state index in [1.807, 2.05) is 18.4 Å². The van der Waals surface area contributed by atoms with Crippen molar-refractivity contribution >= 4 is 0 Å². The van der Waals surface area contributed by atoms with Crippen molar-refractivity contribution in [1.82, 2.24) is 19.1 Å². The Hall–Kier alpha value is -2.11. The fraction of sp³-hybridized carbons (Fsp3) is 0.364. The van der Waals surface area contributed by atoms with Gasteiger partial charge in [0.15, 0.2) is 0 Å². The second kappa shape index (κ2) is 4.40. The summed E-state index contributed by atoms with van der Waals surface area (Å²) in [5.74, 6) is 0. The highest BCUT2D eigenvalue weighted by Crippen LogP contribution is 2.09. The molecular weight excluding hydrogens is 220 g/mol. The molecule has 90 valence electrons. The first kappa shape index (κ1) is 11.4. The molecule has 17 heavy (non-hydrogen) atoms. The van der Waals surface area contributed by atoms with Gasteiger partial charge < -0.3 is 4.57 Å². The second-order valence-corrected chi connectivity index (χ2v) is 4.12. The normalized spacial score (nSPS) is 11.0. The van der Waals surface area contributed by atoms with Crippen molar-refractivity contribution in [1.29, 1.82) is 0 Å². The van der Waals surface area contributed by atoms with Crippen LogP contribution in [0.2, 0.25) is 0 Å². The standard InChI is InChI=1S/C11H14N4O2/c1-8(2)15-7-12-5-9(15)6-14-4-3-10(16)13-11(14)17/h3-5,7-8H,6H2,1-2H3,(H,13,16,17). The fourth-order valence-corrected chi connectivity index (χ4v) is 1.66. The summed E-state index contributed by atoms with van der Waals surface area (Å²) >= 11 is 0. The van der Waals surface area contributed by atoms with Crippen molar-refractivity contribution in [3.63, 3.8) is 0 Å². The summed E-state index contributed by atoms with van der Waals surface area (Å²) in [6.45, 7) is 4.48. The molecule has 0 spiro atoms. The smallest absolute Gasteiger partial charge is 0.328 e. The van der Waals surface area contributed by atoms with Gasteiger partial charge in [-0.1, -0.05) is 0 Å². The summed E-state index contributed by atoms with van der Waals surface area (Å²) in [5, 5.41) is 0. The van der Waals surface area contributed by atoms with E-state index >= 15 is 0 Å². The highest BCUT2D eigenvalue weighted by atomic mass is 16.2. The van der Waals surface area contributed by atoms with E-state index in [-0.39, 0.29) is 11.6 Å². The maximum absolute atomic E-state index is 11.5. The predicted octanol–water partition coefficient (Wildman–Crippen LogP) is 0.362. The summed E-state index contributed by atoms with van der Waals surface area (Å²) in [5.41, 5.74) is 0.131. The van der Waals surface area contributed by atoms with Crippen LogP contribution < -0.4 is 11.2 Å². The molecule has 0 aromatic carbocycles. The lowest BCUT2D eigenvalue weighted by molar-refractivity contribution is 0.554. The maximum atomic E-state index is 11.5. The highest BCUT2D eigenvalue weighted by Gasteiger charge is 2.06. The van der Waals surface area contributed by atoms with Crippen LogP contribution in [0.25, 0.3) is 0 Å². The van der Waals surface area contributed by atoms with Gasteiger partial charge in [-0.25, -0.2) is 9.78 Å². The number of aromatic amines is 1. The van der Waals surface area contributed by atoms with Crippen molar-refractivity contribution < 1.29 is 0 Å². The van der Waals surface area contributed by atoms with E-state index < -0.39 is 5.69 Å². The van der Waals surface area contributed by atoms with Crippen LogP contribution in [-0.4, -0.2) is 19.1 Å². The zero-order valence-electron chi connectivity index (χ0n) is 9.75. The average molecular weight is 234 g/mol. The van der Waals surface area contributed by atoms with Gasteiger partial charge in [-0.2, -0.15) is 0 Å². The Morgan fingerprint density at radius 2 is 2.18 bits per heavy atom. The van der Waals surface area contributed by atoms with E-state index in [2.05, 4.69) is 9.97 Å². The first-order valence-corrected chi connectivity index (χ1v) is 5.38. The summed E-state index contributed by atoms with van der Waals surface area (Å²) in [4.78, 5) is 28.7. The van der Waals surface area contributed by atoms with Gasteiger partial charge in [-0.05, 0) is 13.8 Å². The van der Waals surface area contributed by atoms with Gasteiger partial charge in [0, 0.05) is 24.5 Å². The van der Waals surface area contributed by atoms with Gasteiger partial charge >= 0.3 is 5.69 Å². The Morgan fingerprint density at radius 3 is 2.82 bits per heavy atom. The topological polar surface area (TPSA) is 72.7 Å². The molecule has 0 fully saturated rings. The van der Waals surface area contributed by atoms with E-state index in [0.717, 1.165) is 5.69 Å². The maximum Gasteiger partial charge on any atom is 0.328 e. The minimum atomic E-state index is -0.408. The molecule has 0 atom stereocenters. The van der Waals surface area contributed by atoms with Gasteiger partial charge in [0.2, 0.25) is 0 Å². The highest BCUT2D eigenvalue weighted by molar-refractivity contribution is 5.01. The van der Waals surface area contributed by atoms with Crippen LogP contribution in [0.5, 0.6) is 0 Å². The third-order valence-corrected chi connectivity index (χ3v) is 2.53. The molecule has 0 amide bonds. The second-order valence-electron chi connectivity index (χ2n) is 4.12. The lowest BCUT2D eigenvalue weighted by Gasteiger charge is -2.12. The van der Waals surface area contributed by atoms with Gasteiger partial charge in [0.25, 0.3) is 5.56 Å². The lowest BCUT2D eigenvalue weighted by atomic mass is 10.3. The third-order valence-electron chi connectivity index (χ3n) is 2.53. The number of H-pyrrole nitrogens is 1. The lowest BCUT2D eigenvalue weighted by Crippen LogP contribution is -2.29. The van der Waals surface area contributed by atoms with Crippen LogP contribution in [0.4, 0.5) is 0 Å². The molecule has 0 aliphatic carbocycles. The Balaban J connectivity index is 2.35. The number of aromatic nitrogens is 4. The molecule has 0 saturated carbocycles. The van der Waals surface area contributed by atoms with Crippen LogP contribution in [0.1, 0.15) is 25.6 Å².